The molecular formula is C5H7ClN2S. The van der Waals surface area contributed by atoms with E-state index in [0.29, 0.717) is 0 Å². The summed E-state index contributed by atoms with van der Waals surface area (Å²) < 4.78 is 0. The largest absolute Gasteiger partial charge is 0.341 e. The van der Waals surface area contributed by atoms with Crippen LogP contribution in [-0.2, 0) is 0 Å². The van der Waals surface area contributed by atoms with Gasteiger partial charge in [0.2, 0.25) is 0 Å². The van der Waals surface area contributed by atoms with Crippen molar-refractivity contribution < 1.29 is 0 Å². The third-order valence-corrected chi connectivity index (χ3v) is 2.11. The first-order valence-electron chi connectivity index (χ1n) is 2.56. The number of hydrogen-bond acceptors (Lipinski definition) is 3. The van der Waals surface area contributed by atoms with Gasteiger partial charge in [0, 0.05) is 11.6 Å². The number of hydrogen-bond donors (Lipinski definition) is 0. The number of halogens is 1. The van der Waals surface area contributed by atoms with Gasteiger partial charge in [0.15, 0.2) is 0 Å². The molecule has 2 rings (SSSR count). The fourth-order valence-corrected chi connectivity index (χ4v) is 1.68. The second-order valence-corrected chi connectivity index (χ2v) is 2.63. The Hall–Kier alpha value is -0.150. The van der Waals surface area contributed by atoms with E-state index in [0.717, 1.165) is 18.2 Å². The lowest BCUT2D eigenvalue weighted by atomic mass is 10.7. The average Bonchev–Trinajstić information content (AvgIpc) is 2.15. The predicted octanol–water partition coefficient (Wildman–Crippen LogP) is 1.30. The highest BCUT2D eigenvalue weighted by molar-refractivity contribution is 8.02. The van der Waals surface area contributed by atoms with Crippen molar-refractivity contribution in [3.63, 3.8) is 0 Å². The second-order valence-electron chi connectivity index (χ2n) is 1.81. The van der Waals surface area contributed by atoms with E-state index in [1.165, 1.54) is 0 Å². The first kappa shape index (κ1) is 6.96. The van der Waals surface area contributed by atoms with Crippen LogP contribution in [0.2, 0.25) is 0 Å². The summed E-state index contributed by atoms with van der Waals surface area (Å²) in [5.74, 6) is 2.24. The van der Waals surface area contributed by atoms with Crippen molar-refractivity contribution in [1.82, 2.24) is 4.90 Å². The number of thioether (sulfide) groups is 1. The van der Waals surface area contributed by atoms with Gasteiger partial charge in [0.25, 0.3) is 0 Å². The van der Waals surface area contributed by atoms with Crippen LogP contribution in [0.25, 0.3) is 0 Å². The summed E-state index contributed by atoms with van der Waals surface area (Å²) in [6.45, 7) is 1.01. The summed E-state index contributed by atoms with van der Waals surface area (Å²) in [5.41, 5.74) is 0. The van der Waals surface area contributed by atoms with Crippen LogP contribution in [0, 0.1) is 0 Å². The third-order valence-electron chi connectivity index (χ3n) is 1.27. The molecule has 0 amide bonds. The van der Waals surface area contributed by atoms with E-state index < -0.39 is 0 Å². The molecule has 0 aromatic heterocycles. The van der Waals surface area contributed by atoms with E-state index in [4.69, 9.17) is 0 Å². The Balaban J connectivity index is 0.000000405. The lowest BCUT2D eigenvalue weighted by Gasteiger charge is -2.07. The minimum atomic E-state index is 0. The number of fused-ring (bicyclic) bond motifs is 1. The van der Waals surface area contributed by atoms with E-state index in [1.807, 2.05) is 18.0 Å². The quantitative estimate of drug-likeness (QED) is 0.534. The summed E-state index contributed by atoms with van der Waals surface area (Å²) in [7, 11) is 0. The van der Waals surface area contributed by atoms with Crippen LogP contribution in [0.15, 0.2) is 16.2 Å². The molecule has 2 nitrogen and oxygen atoms in total. The maximum absolute atomic E-state index is 4.14. The number of aliphatic imine (C=N–C) groups is 1. The molecule has 0 aliphatic carbocycles. The summed E-state index contributed by atoms with van der Waals surface area (Å²) in [6, 6.07) is 0. The molecule has 2 aliphatic rings. The molecule has 0 bridgehead atoms. The molecule has 0 atom stereocenters. The standard InChI is InChI=1S/C5H6N2S.ClH/c1-2-7-4-8-3-5(7)6-1;/h1,3H,2,4H2;1H. The first-order valence-corrected chi connectivity index (χ1v) is 3.61. The van der Waals surface area contributed by atoms with Gasteiger partial charge >= 0.3 is 0 Å². The van der Waals surface area contributed by atoms with E-state index in [9.17, 15) is 0 Å². The fraction of sp³-hybridized carbons (Fsp3) is 0.400. The highest BCUT2D eigenvalue weighted by Crippen LogP contribution is 2.25. The van der Waals surface area contributed by atoms with E-state index >= 15 is 0 Å². The molecule has 0 aromatic carbocycles. The van der Waals surface area contributed by atoms with Crippen molar-refractivity contribution in [2.75, 3.05) is 12.4 Å². The van der Waals surface area contributed by atoms with Gasteiger partial charge in [-0.1, -0.05) is 0 Å². The van der Waals surface area contributed by atoms with E-state index in [-0.39, 0.29) is 12.4 Å². The van der Waals surface area contributed by atoms with Crippen LogP contribution in [0.5, 0.6) is 0 Å². The van der Waals surface area contributed by atoms with Crippen LogP contribution in [0.4, 0.5) is 0 Å². The summed E-state index contributed by atoms with van der Waals surface area (Å²) in [6.07, 6.45) is 1.95. The van der Waals surface area contributed by atoms with Gasteiger partial charge < -0.3 is 4.90 Å². The molecule has 50 valence electrons. The van der Waals surface area contributed by atoms with Gasteiger partial charge in [0.05, 0.1) is 12.4 Å². The summed E-state index contributed by atoms with van der Waals surface area (Å²) >= 11 is 1.82. The van der Waals surface area contributed by atoms with Crippen molar-refractivity contribution in [3.8, 4) is 0 Å². The SMILES string of the molecule is C1=NC2=CSCN2C1.Cl. The lowest BCUT2D eigenvalue weighted by Crippen LogP contribution is -2.13. The van der Waals surface area contributed by atoms with Crippen LogP contribution >= 0.6 is 24.2 Å². The monoisotopic (exact) mass is 162 g/mol. The molecule has 0 fully saturated rings. The second kappa shape index (κ2) is 2.62. The van der Waals surface area contributed by atoms with Crippen molar-refractivity contribution in [2.45, 2.75) is 0 Å². The Morgan fingerprint density at radius 1 is 1.67 bits per heavy atom. The molecule has 0 saturated carbocycles. The van der Waals surface area contributed by atoms with Crippen LogP contribution in [0.3, 0.4) is 0 Å². The van der Waals surface area contributed by atoms with Crippen molar-refractivity contribution in [3.05, 3.63) is 11.2 Å². The number of nitrogens with zero attached hydrogens (tertiary/aromatic N) is 2. The molecule has 9 heavy (non-hydrogen) atoms. The Bertz CT molecular complexity index is 166. The average molecular weight is 163 g/mol. The normalized spacial score (nSPS) is 21.3. The third kappa shape index (κ3) is 1.07. The van der Waals surface area contributed by atoms with Crippen LogP contribution in [-0.4, -0.2) is 23.5 Å². The molecule has 0 radical (unpaired) electrons. The highest BCUT2D eigenvalue weighted by Gasteiger charge is 2.16. The van der Waals surface area contributed by atoms with Crippen molar-refractivity contribution in [1.29, 1.82) is 0 Å². The van der Waals surface area contributed by atoms with Gasteiger partial charge in [-0.2, -0.15) is 0 Å². The topological polar surface area (TPSA) is 15.6 Å². The Morgan fingerprint density at radius 3 is 3.33 bits per heavy atom. The summed E-state index contributed by atoms with van der Waals surface area (Å²) in [5, 5.41) is 2.10. The minimum Gasteiger partial charge on any atom is -0.341 e. The van der Waals surface area contributed by atoms with E-state index in [1.54, 1.807) is 0 Å². The predicted molar refractivity (Wildman–Crippen MR) is 43.0 cm³/mol. The Kier molecular flexibility index (Phi) is 2.03. The van der Waals surface area contributed by atoms with Gasteiger partial charge in [-0.05, 0) is 0 Å². The van der Waals surface area contributed by atoms with Gasteiger partial charge in [-0.25, -0.2) is 4.99 Å². The maximum atomic E-state index is 4.14. The van der Waals surface area contributed by atoms with Crippen molar-refractivity contribution >= 4 is 30.4 Å². The van der Waals surface area contributed by atoms with Crippen LogP contribution < -0.4 is 0 Å². The van der Waals surface area contributed by atoms with Crippen LogP contribution in [0.1, 0.15) is 0 Å². The highest BCUT2D eigenvalue weighted by atomic mass is 35.5. The van der Waals surface area contributed by atoms with Gasteiger partial charge in [-0.3, -0.25) is 0 Å². The molecular weight excluding hydrogens is 156 g/mol. The smallest absolute Gasteiger partial charge is 0.135 e. The maximum Gasteiger partial charge on any atom is 0.135 e. The Morgan fingerprint density at radius 2 is 2.56 bits per heavy atom. The molecule has 4 heteroatoms. The van der Waals surface area contributed by atoms with Crippen molar-refractivity contribution in [2.24, 2.45) is 4.99 Å². The minimum absolute atomic E-state index is 0. The van der Waals surface area contributed by atoms with E-state index in [2.05, 4.69) is 15.3 Å². The molecule has 0 saturated heterocycles. The molecule has 0 unspecified atom stereocenters. The molecule has 0 N–H and O–H groups in total. The molecule has 0 aromatic rings. The zero-order chi connectivity index (χ0) is 5.40. The molecule has 2 heterocycles. The van der Waals surface area contributed by atoms with Gasteiger partial charge in [-0.15, -0.1) is 24.2 Å². The Labute approximate surface area is 64.4 Å². The molecule has 2 aliphatic heterocycles. The number of rotatable bonds is 0. The first-order chi connectivity index (χ1) is 3.97. The zero-order valence-electron chi connectivity index (χ0n) is 4.78. The van der Waals surface area contributed by atoms with Gasteiger partial charge in [0.1, 0.15) is 5.82 Å². The fourth-order valence-electron chi connectivity index (χ4n) is 0.834. The lowest BCUT2D eigenvalue weighted by molar-refractivity contribution is 0.489. The molecule has 0 spiro atoms. The summed E-state index contributed by atoms with van der Waals surface area (Å²) in [4.78, 5) is 6.38. The zero-order valence-corrected chi connectivity index (χ0v) is 6.41.